The fourth-order valence-electron chi connectivity index (χ4n) is 5.63. The molecule has 4 aromatic rings. The maximum Gasteiger partial charge on any atom is 0.211 e. The van der Waals surface area contributed by atoms with Crippen LogP contribution in [0, 0.1) is 17.6 Å². The number of nitrogens with zero attached hydrogens (tertiary/aromatic N) is 4. The van der Waals surface area contributed by atoms with E-state index in [0.29, 0.717) is 36.5 Å². The van der Waals surface area contributed by atoms with E-state index in [1.165, 1.54) is 24.3 Å². The van der Waals surface area contributed by atoms with E-state index in [0.717, 1.165) is 43.8 Å². The third-order valence-electron chi connectivity index (χ3n) is 8.17. The predicted molar refractivity (Wildman–Crippen MR) is 163 cm³/mol. The molecule has 0 unspecified atom stereocenters. The van der Waals surface area contributed by atoms with Crippen LogP contribution in [0.2, 0.25) is 0 Å². The quantitative estimate of drug-likeness (QED) is 0.219. The van der Waals surface area contributed by atoms with Gasteiger partial charge in [0.1, 0.15) is 17.4 Å². The van der Waals surface area contributed by atoms with E-state index in [-0.39, 0.29) is 34.0 Å². The normalized spacial score (nSPS) is 15.6. The number of hydrogen-bond acceptors (Lipinski definition) is 9. The summed E-state index contributed by atoms with van der Waals surface area (Å²) in [6.07, 6.45) is 3.97. The Morgan fingerprint density at radius 2 is 1.56 bits per heavy atom. The lowest BCUT2D eigenvalue weighted by Gasteiger charge is -2.33. The first-order valence-electron chi connectivity index (χ1n) is 14.6. The number of nitrogens with one attached hydrogen (secondary N) is 1. The Morgan fingerprint density at radius 1 is 0.911 bits per heavy atom. The Hall–Kier alpha value is -3.75. The molecule has 1 saturated heterocycles. The van der Waals surface area contributed by atoms with Crippen LogP contribution < -0.4 is 4.74 Å². The third kappa shape index (κ3) is 8.92. The first kappa shape index (κ1) is 32.6. The van der Waals surface area contributed by atoms with Gasteiger partial charge in [-0.05, 0) is 111 Å². The molecule has 1 aromatic heterocycles. The number of aromatic amines is 1. The average molecular weight is 660 g/mol. The van der Waals surface area contributed by atoms with E-state index in [4.69, 9.17) is 4.74 Å². The molecule has 0 aliphatic carbocycles. The lowest BCUT2D eigenvalue weighted by Crippen LogP contribution is -2.35. The van der Waals surface area contributed by atoms with Gasteiger partial charge in [-0.25, -0.2) is 25.6 Å². The molecule has 0 radical (unpaired) electrons. The van der Waals surface area contributed by atoms with E-state index in [2.05, 4.69) is 25.5 Å². The highest BCUT2D eigenvalue weighted by Crippen LogP contribution is 2.32. The molecule has 2 heterocycles. The molecule has 1 fully saturated rings. The highest BCUT2D eigenvalue weighted by atomic mass is 32.2. The van der Waals surface area contributed by atoms with Gasteiger partial charge in [-0.1, -0.05) is 17.3 Å². The molecule has 1 N–H and O–H groups in total. The molecule has 10 nitrogen and oxygen atoms in total. The van der Waals surface area contributed by atoms with Gasteiger partial charge in [-0.2, -0.15) is 5.21 Å². The highest BCUT2D eigenvalue weighted by molar-refractivity contribution is 7.91. The van der Waals surface area contributed by atoms with E-state index >= 15 is 0 Å². The summed E-state index contributed by atoms with van der Waals surface area (Å²) in [6, 6.07) is 16.2. The number of likely N-dealkylation sites (tertiary alicyclic amines) is 1. The number of piperidine rings is 1. The SMILES string of the molecule is CS(=O)(=O)c1ccc([C@@H](CCN2CCC(CCS(=O)(=O)c3ccc(OCc4nn[nH]n4)cc3)CC2)c2cc(F)cc(F)c2)cc1. The van der Waals surface area contributed by atoms with Crippen molar-refractivity contribution in [2.24, 2.45) is 5.92 Å². The number of sulfone groups is 2. The maximum atomic E-state index is 14.1. The molecular formula is C31H35F2N5O5S2. The van der Waals surface area contributed by atoms with Crippen LogP contribution in [0.3, 0.4) is 0 Å². The van der Waals surface area contributed by atoms with E-state index < -0.39 is 31.3 Å². The van der Waals surface area contributed by atoms with Crippen molar-refractivity contribution in [3.63, 3.8) is 0 Å². The predicted octanol–water partition coefficient (Wildman–Crippen LogP) is 4.56. The second-order valence-electron chi connectivity index (χ2n) is 11.4. The van der Waals surface area contributed by atoms with Crippen molar-refractivity contribution in [2.75, 3.05) is 31.6 Å². The van der Waals surface area contributed by atoms with Gasteiger partial charge < -0.3 is 9.64 Å². The minimum absolute atomic E-state index is 0.0530. The molecule has 1 atom stereocenters. The summed E-state index contributed by atoms with van der Waals surface area (Å²) in [5, 5.41) is 13.4. The molecule has 0 amide bonds. The van der Waals surface area contributed by atoms with Crippen molar-refractivity contribution in [1.82, 2.24) is 25.5 Å². The molecule has 0 bridgehead atoms. The van der Waals surface area contributed by atoms with Crippen LogP contribution in [0.5, 0.6) is 5.75 Å². The summed E-state index contributed by atoms with van der Waals surface area (Å²) in [5.74, 6) is -0.445. The number of halogens is 2. The molecule has 45 heavy (non-hydrogen) atoms. The van der Waals surface area contributed by atoms with E-state index in [1.54, 1.807) is 36.4 Å². The Balaban J connectivity index is 1.13. The molecule has 3 aromatic carbocycles. The summed E-state index contributed by atoms with van der Waals surface area (Å²) >= 11 is 0. The fraction of sp³-hybridized carbons (Fsp3) is 0.387. The van der Waals surface area contributed by atoms with Crippen molar-refractivity contribution in [1.29, 1.82) is 0 Å². The van der Waals surface area contributed by atoms with Crippen LogP contribution in [0.4, 0.5) is 8.78 Å². The summed E-state index contributed by atoms with van der Waals surface area (Å²) < 4.78 is 83.7. The van der Waals surface area contributed by atoms with Gasteiger partial charge in [0.15, 0.2) is 26.3 Å². The van der Waals surface area contributed by atoms with Crippen LogP contribution in [0.15, 0.2) is 76.5 Å². The minimum Gasteiger partial charge on any atom is -0.485 e. The first-order valence-corrected chi connectivity index (χ1v) is 18.2. The molecule has 14 heteroatoms. The van der Waals surface area contributed by atoms with Crippen molar-refractivity contribution in [3.05, 3.63) is 95.3 Å². The third-order valence-corrected chi connectivity index (χ3v) is 11.1. The van der Waals surface area contributed by atoms with Gasteiger partial charge in [0.2, 0.25) is 5.82 Å². The summed E-state index contributed by atoms with van der Waals surface area (Å²) in [6.45, 7) is 2.36. The zero-order valence-corrected chi connectivity index (χ0v) is 26.4. The molecule has 1 aliphatic heterocycles. The van der Waals surface area contributed by atoms with E-state index in [1.807, 2.05) is 0 Å². The maximum absolute atomic E-state index is 14.1. The highest BCUT2D eigenvalue weighted by Gasteiger charge is 2.24. The topological polar surface area (TPSA) is 135 Å². The molecular weight excluding hydrogens is 625 g/mol. The lowest BCUT2D eigenvalue weighted by molar-refractivity contribution is 0.178. The number of hydrogen-bond donors (Lipinski definition) is 1. The van der Waals surface area contributed by atoms with Crippen LogP contribution in [-0.2, 0) is 26.3 Å². The Morgan fingerprint density at radius 3 is 2.16 bits per heavy atom. The zero-order valence-electron chi connectivity index (χ0n) is 24.8. The molecule has 1 aliphatic rings. The second-order valence-corrected chi connectivity index (χ2v) is 15.5. The van der Waals surface area contributed by atoms with Crippen LogP contribution in [-0.4, -0.2) is 74.0 Å². The number of ether oxygens (including phenoxy) is 1. The zero-order chi connectivity index (χ0) is 32.0. The van der Waals surface area contributed by atoms with Crippen LogP contribution in [0.25, 0.3) is 0 Å². The molecule has 5 rings (SSSR count). The minimum atomic E-state index is -3.46. The number of H-pyrrole nitrogens is 1. The second kappa shape index (κ2) is 14.1. The van der Waals surface area contributed by atoms with Crippen molar-refractivity contribution >= 4 is 19.7 Å². The summed E-state index contributed by atoms with van der Waals surface area (Å²) in [4.78, 5) is 2.71. The molecule has 0 saturated carbocycles. The Labute approximate surface area is 261 Å². The fourth-order valence-corrected chi connectivity index (χ4v) is 7.69. The van der Waals surface area contributed by atoms with E-state index in [9.17, 15) is 25.6 Å². The standard InChI is InChI=1S/C31H35F2N5O5S2/c1-44(39,40)28-6-2-23(3-7-28)30(24-18-25(32)20-26(33)19-24)12-16-38-14-10-22(11-15-38)13-17-45(41,42)29-8-4-27(5-9-29)43-21-31-34-36-37-35-31/h2-9,18-20,22,30H,10-17,21H2,1H3,(H,34,35,36,37)/t30-/m1/s1. The van der Waals surface area contributed by atoms with Crippen molar-refractivity contribution < 1.29 is 30.4 Å². The molecule has 0 spiro atoms. The van der Waals surface area contributed by atoms with Crippen molar-refractivity contribution in [2.45, 2.75) is 48.0 Å². The van der Waals surface area contributed by atoms with Crippen LogP contribution >= 0.6 is 0 Å². The lowest BCUT2D eigenvalue weighted by atomic mass is 9.87. The largest absolute Gasteiger partial charge is 0.485 e. The van der Waals surface area contributed by atoms with Gasteiger partial charge in [-0.3, -0.25) is 0 Å². The molecule has 240 valence electrons. The number of benzene rings is 3. The Bertz CT molecular complexity index is 1760. The monoisotopic (exact) mass is 659 g/mol. The average Bonchev–Trinajstić information content (AvgIpc) is 3.53. The summed E-state index contributed by atoms with van der Waals surface area (Å²) in [7, 11) is -6.83. The number of rotatable bonds is 13. The van der Waals surface area contributed by atoms with Gasteiger partial charge >= 0.3 is 0 Å². The first-order chi connectivity index (χ1) is 21.5. The van der Waals surface area contributed by atoms with Gasteiger partial charge in [0.25, 0.3) is 0 Å². The Kier molecular flexibility index (Phi) is 10.2. The van der Waals surface area contributed by atoms with Crippen molar-refractivity contribution in [3.8, 4) is 5.75 Å². The number of tetrazole rings is 1. The smallest absolute Gasteiger partial charge is 0.211 e. The number of aromatic nitrogens is 4. The summed E-state index contributed by atoms with van der Waals surface area (Å²) in [5.41, 5.74) is 1.27. The van der Waals surface area contributed by atoms with Gasteiger partial charge in [0.05, 0.1) is 15.5 Å². The van der Waals surface area contributed by atoms with Gasteiger partial charge in [-0.15, -0.1) is 10.2 Å². The van der Waals surface area contributed by atoms with Gasteiger partial charge in [0, 0.05) is 18.2 Å². The van der Waals surface area contributed by atoms with Crippen LogP contribution in [0.1, 0.15) is 48.6 Å².